The summed E-state index contributed by atoms with van der Waals surface area (Å²) in [6.07, 6.45) is 0. The summed E-state index contributed by atoms with van der Waals surface area (Å²) in [7, 11) is 0. The van der Waals surface area contributed by atoms with Crippen LogP contribution in [0.1, 0.15) is 0 Å². The van der Waals surface area contributed by atoms with Gasteiger partial charge in [-0.2, -0.15) is 0 Å². The predicted octanol–water partition coefficient (Wildman–Crippen LogP) is 14.8. The van der Waals surface area contributed by atoms with Gasteiger partial charge >= 0.3 is 0 Å². The summed E-state index contributed by atoms with van der Waals surface area (Å²) in [5, 5.41) is 9.80. The van der Waals surface area contributed by atoms with Crippen molar-refractivity contribution in [1.29, 1.82) is 0 Å². The lowest BCUT2D eigenvalue weighted by atomic mass is 9.82. The van der Waals surface area contributed by atoms with Crippen molar-refractivity contribution in [2.24, 2.45) is 0 Å². The lowest BCUT2D eigenvalue weighted by Gasteiger charge is -2.21. The van der Waals surface area contributed by atoms with Crippen molar-refractivity contribution in [2.45, 2.75) is 0 Å². The molecule has 0 unspecified atom stereocenters. The average molecular weight is 673 g/mol. The van der Waals surface area contributed by atoms with Gasteiger partial charge in [0.2, 0.25) is 0 Å². The van der Waals surface area contributed by atoms with Crippen molar-refractivity contribution in [3.63, 3.8) is 0 Å². The van der Waals surface area contributed by atoms with Crippen LogP contribution in [-0.2, 0) is 0 Å². The summed E-state index contributed by atoms with van der Waals surface area (Å²) >= 11 is 0. The van der Waals surface area contributed by atoms with Crippen molar-refractivity contribution in [2.75, 3.05) is 0 Å². The Labute approximate surface area is 307 Å². The van der Waals surface area contributed by atoms with E-state index in [1.807, 2.05) is 6.07 Å². The van der Waals surface area contributed by atoms with Crippen LogP contribution >= 0.6 is 0 Å². The molecule has 1 aromatic heterocycles. The summed E-state index contributed by atoms with van der Waals surface area (Å²) in [6.45, 7) is 0. The molecule has 11 rings (SSSR count). The summed E-state index contributed by atoms with van der Waals surface area (Å²) in [5.41, 5.74) is 13.9. The smallest absolute Gasteiger partial charge is 0.143 e. The molecule has 0 radical (unpaired) electrons. The largest absolute Gasteiger partial charge is 0.455 e. The lowest BCUT2D eigenvalue weighted by molar-refractivity contribution is 0.670. The monoisotopic (exact) mass is 672 g/mol. The topological polar surface area (TPSA) is 13.1 Å². The van der Waals surface area contributed by atoms with Crippen LogP contribution in [0.3, 0.4) is 0 Å². The number of hydrogen-bond donors (Lipinski definition) is 0. The van der Waals surface area contributed by atoms with E-state index in [4.69, 9.17) is 4.42 Å². The van der Waals surface area contributed by atoms with Gasteiger partial charge in [0.25, 0.3) is 0 Å². The van der Waals surface area contributed by atoms with Gasteiger partial charge in [-0.3, -0.25) is 0 Å². The van der Waals surface area contributed by atoms with E-state index in [9.17, 15) is 0 Å². The maximum Gasteiger partial charge on any atom is 0.143 e. The van der Waals surface area contributed by atoms with Crippen molar-refractivity contribution < 1.29 is 4.42 Å². The van der Waals surface area contributed by atoms with Gasteiger partial charge in [-0.25, -0.2) is 0 Å². The van der Waals surface area contributed by atoms with Crippen LogP contribution in [0.5, 0.6) is 0 Å². The van der Waals surface area contributed by atoms with E-state index in [1.54, 1.807) is 0 Å². The SMILES string of the molecule is c1ccc(-c2ccccc2-c2ccc3ccc4c(-c5ccccc5-c5ccccc5)cc(-c5cccc6c5oc5ccccc56)c5ccc2c3c45)cc1. The van der Waals surface area contributed by atoms with E-state index < -0.39 is 0 Å². The molecule has 0 atom stereocenters. The number of para-hydroxylation sites is 2. The van der Waals surface area contributed by atoms with Crippen molar-refractivity contribution in [1.82, 2.24) is 0 Å². The molecule has 0 bridgehead atoms. The Morgan fingerprint density at radius 3 is 1.45 bits per heavy atom. The number of furan rings is 1. The Morgan fingerprint density at radius 1 is 0.264 bits per heavy atom. The third-order valence-electron chi connectivity index (χ3n) is 11.1. The van der Waals surface area contributed by atoms with Crippen molar-refractivity contribution >= 4 is 54.3 Å². The molecular formula is C52H32O. The second-order valence-electron chi connectivity index (χ2n) is 13.9. The molecule has 0 saturated carbocycles. The zero-order valence-corrected chi connectivity index (χ0v) is 28.9. The second-order valence-corrected chi connectivity index (χ2v) is 13.9. The molecule has 53 heavy (non-hydrogen) atoms. The van der Waals surface area contributed by atoms with Crippen LogP contribution in [0.2, 0.25) is 0 Å². The number of fused-ring (bicyclic) bond motifs is 3. The average Bonchev–Trinajstić information content (AvgIpc) is 3.62. The van der Waals surface area contributed by atoms with E-state index >= 15 is 0 Å². The highest BCUT2D eigenvalue weighted by molar-refractivity contribution is 6.31. The molecule has 0 aliphatic heterocycles. The Kier molecular flexibility index (Phi) is 6.62. The molecule has 0 spiro atoms. The van der Waals surface area contributed by atoms with E-state index in [0.29, 0.717) is 0 Å². The number of rotatable bonds is 5. The van der Waals surface area contributed by atoms with Crippen LogP contribution in [-0.4, -0.2) is 0 Å². The molecule has 0 N–H and O–H groups in total. The minimum Gasteiger partial charge on any atom is -0.455 e. The normalized spacial score (nSPS) is 11.8. The fraction of sp³-hybridized carbons (Fsp3) is 0. The van der Waals surface area contributed by atoms with Crippen LogP contribution in [0.15, 0.2) is 199 Å². The van der Waals surface area contributed by atoms with Gasteiger partial charge in [0, 0.05) is 16.3 Å². The lowest BCUT2D eigenvalue weighted by Crippen LogP contribution is -1.94. The third kappa shape index (κ3) is 4.58. The second kappa shape index (κ2) is 11.8. The van der Waals surface area contributed by atoms with Crippen molar-refractivity contribution in [3.05, 3.63) is 194 Å². The zero-order valence-electron chi connectivity index (χ0n) is 28.9. The quantitative estimate of drug-likeness (QED) is 0.166. The first-order chi connectivity index (χ1) is 26.3. The first kappa shape index (κ1) is 29.7. The van der Waals surface area contributed by atoms with Gasteiger partial charge in [0.15, 0.2) is 0 Å². The molecule has 0 saturated heterocycles. The molecule has 10 aromatic carbocycles. The van der Waals surface area contributed by atoms with Crippen LogP contribution in [0.4, 0.5) is 0 Å². The Balaban J connectivity index is 1.28. The van der Waals surface area contributed by atoms with E-state index in [1.165, 1.54) is 82.4 Å². The third-order valence-corrected chi connectivity index (χ3v) is 11.1. The summed E-state index contributed by atoms with van der Waals surface area (Å²) in [4.78, 5) is 0. The molecule has 0 fully saturated rings. The first-order valence-corrected chi connectivity index (χ1v) is 18.3. The minimum atomic E-state index is 0.907. The summed E-state index contributed by atoms with van der Waals surface area (Å²) in [6, 6.07) is 70.5. The standard InChI is InChI=1S/C52H32O/c1-3-14-33(15-4-1)36-18-7-9-20-38(36)40-28-26-35-27-29-43-47(39-21-10-8-19-37(39)34-16-5-2-6-17-34)32-48(44-31-30-42(40)50(35)51(43)44)46-24-13-23-45-41-22-11-12-25-49(41)53-52(45)46/h1-32H. The Bertz CT molecular complexity index is 3150. The molecule has 0 aliphatic rings. The van der Waals surface area contributed by atoms with Gasteiger partial charge in [-0.05, 0) is 94.5 Å². The number of benzene rings is 10. The van der Waals surface area contributed by atoms with Crippen LogP contribution in [0, 0.1) is 0 Å². The molecule has 1 nitrogen and oxygen atoms in total. The maximum atomic E-state index is 6.70. The fourth-order valence-electron chi connectivity index (χ4n) is 8.71. The van der Waals surface area contributed by atoms with Gasteiger partial charge < -0.3 is 4.42 Å². The molecule has 0 amide bonds. The highest BCUT2D eigenvalue weighted by atomic mass is 16.3. The molecule has 0 aliphatic carbocycles. The first-order valence-electron chi connectivity index (χ1n) is 18.3. The molecule has 11 aromatic rings. The summed E-state index contributed by atoms with van der Waals surface area (Å²) < 4.78 is 6.70. The molecule has 246 valence electrons. The zero-order chi connectivity index (χ0) is 34.9. The van der Waals surface area contributed by atoms with Crippen molar-refractivity contribution in [3.8, 4) is 55.6 Å². The van der Waals surface area contributed by atoms with Crippen LogP contribution < -0.4 is 0 Å². The highest BCUT2D eigenvalue weighted by Gasteiger charge is 2.22. The summed E-state index contributed by atoms with van der Waals surface area (Å²) in [5.74, 6) is 0. The number of hydrogen-bond acceptors (Lipinski definition) is 1. The van der Waals surface area contributed by atoms with Crippen LogP contribution in [0.25, 0.3) is 110 Å². The Morgan fingerprint density at radius 2 is 0.755 bits per heavy atom. The predicted molar refractivity (Wildman–Crippen MR) is 225 cm³/mol. The Hall–Kier alpha value is -6.96. The van der Waals surface area contributed by atoms with E-state index in [0.717, 1.165) is 27.5 Å². The van der Waals surface area contributed by atoms with Gasteiger partial charge in [-0.1, -0.05) is 182 Å². The van der Waals surface area contributed by atoms with Gasteiger partial charge in [0.05, 0.1) is 0 Å². The minimum absolute atomic E-state index is 0.907. The maximum absolute atomic E-state index is 6.70. The fourth-order valence-corrected chi connectivity index (χ4v) is 8.71. The highest BCUT2D eigenvalue weighted by Crippen LogP contribution is 2.49. The molecular weight excluding hydrogens is 641 g/mol. The van der Waals surface area contributed by atoms with Gasteiger partial charge in [0.1, 0.15) is 11.2 Å². The molecule has 1 heterocycles. The van der Waals surface area contributed by atoms with Gasteiger partial charge in [-0.15, -0.1) is 0 Å². The van der Waals surface area contributed by atoms with E-state index in [2.05, 4.69) is 188 Å². The van der Waals surface area contributed by atoms with E-state index in [-0.39, 0.29) is 0 Å². The molecule has 1 heteroatoms.